The fourth-order valence-corrected chi connectivity index (χ4v) is 2.43. The van der Waals surface area contributed by atoms with Crippen molar-refractivity contribution in [3.05, 3.63) is 29.8 Å². The highest BCUT2D eigenvalue weighted by molar-refractivity contribution is 5.94. The fraction of sp³-hybridized carbons (Fsp3) is 0.562. The van der Waals surface area contributed by atoms with Crippen LogP contribution in [0.2, 0.25) is 0 Å². The number of hydrogen-bond acceptors (Lipinski definition) is 5. The zero-order valence-corrected chi connectivity index (χ0v) is 12.4. The maximum Gasteiger partial charge on any atom is 0.340 e. The van der Waals surface area contributed by atoms with E-state index in [0.717, 1.165) is 6.54 Å². The van der Waals surface area contributed by atoms with E-state index in [2.05, 4.69) is 4.90 Å². The van der Waals surface area contributed by atoms with E-state index in [1.807, 2.05) is 0 Å². The number of carbonyl (C=O) groups excluding carboxylic acids is 1. The predicted octanol–water partition coefficient (Wildman–Crippen LogP) is 1.93. The van der Waals surface area contributed by atoms with Crippen LogP contribution in [0, 0.1) is 0 Å². The number of nitrogens with zero attached hydrogens (tertiary/aromatic N) is 1. The second-order valence-corrected chi connectivity index (χ2v) is 5.24. The molecule has 1 heterocycles. The van der Waals surface area contributed by atoms with Crippen molar-refractivity contribution in [2.45, 2.75) is 19.3 Å². The molecule has 21 heavy (non-hydrogen) atoms. The smallest absolute Gasteiger partial charge is 0.340 e. The Hall–Kier alpha value is -1.59. The molecule has 116 valence electrons. The van der Waals surface area contributed by atoms with Crippen LogP contribution in [0.25, 0.3) is 0 Å². The zero-order chi connectivity index (χ0) is 14.9. The zero-order valence-electron chi connectivity index (χ0n) is 12.4. The van der Waals surface area contributed by atoms with Gasteiger partial charge in [-0.15, -0.1) is 0 Å². The Bertz CT molecular complexity index is 445. The number of hydrogen-bond donors (Lipinski definition) is 1. The minimum Gasteiger partial charge on any atom is -0.460 e. The summed E-state index contributed by atoms with van der Waals surface area (Å²) in [5, 5.41) is 0. The van der Waals surface area contributed by atoms with Crippen LogP contribution in [-0.4, -0.2) is 50.3 Å². The SMILES string of the molecule is Nc1ccccc1C(=O)OCCOCCN1CCCCC1. The first kappa shape index (κ1) is 15.8. The Morgan fingerprint density at radius 2 is 1.86 bits per heavy atom. The fourth-order valence-electron chi connectivity index (χ4n) is 2.43. The van der Waals surface area contributed by atoms with Crippen LogP contribution in [0.1, 0.15) is 29.6 Å². The summed E-state index contributed by atoms with van der Waals surface area (Å²) in [4.78, 5) is 14.2. The normalized spacial score (nSPS) is 15.8. The molecule has 0 radical (unpaired) electrons. The molecule has 0 aliphatic carbocycles. The minimum absolute atomic E-state index is 0.257. The second kappa shape index (κ2) is 8.64. The van der Waals surface area contributed by atoms with E-state index in [0.29, 0.717) is 24.5 Å². The van der Waals surface area contributed by atoms with E-state index in [4.69, 9.17) is 15.2 Å². The Kier molecular flexibility index (Phi) is 6.50. The lowest BCUT2D eigenvalue weighted by molar-refractivity contribution is 0.0275. The highest BCUT2D eigenvalue weighted by atomic mass is 16.6. The molecule has 1 saturated heterocycles. The molecule has 0 amide bonds. The van der Waals surface area contributed by atoms with Gasteiger partial charge < -0.3 is 20.1 Å². The maximum atomic E-state index is 11.8. The van der Waals surface area contributed by atoms with Crippen molar-refractivity contribution in [1.82, 2.24) is 4.90 Å². The summed E-state index contributed by atoms with van der Waals surface area (Å²) in [7, 11) is 0. The molecule has 1 aromatic carbocycles. The largest absolute Gasteiger partial charge is 0.460 e. The lowest BCUT2D eigenvalue weighted by atomic mass is 10.1. The third-order valence-electron chi connectivity index (χ3n) is 3.64. The molecule has 2 rings (SSSR count). The average Bonchev–Trinajstić information content (AvgIpc) is 2.52. The number of anilines is 1. The minimum atomic E-state index is -0.396. The van der Waals surface area contributed by atoms with Crippen molar-refractivity contribution in [3.8, 4) is 0 Å². The molecule has 5 heteroatoms. The topological polar surface area (TPSA) is 64.8 Å². The van der Waals surface area contributed by atoms with Gasteiger partial charge in [0.2, 0.25) is 0 Å². The Balaban J connectivity index is 1.55. The molecule has 0 unspecified atom stereocenters. The molecule has 5 nitrogen and oxygen atoms in total. The lowest BCUT2D eigenvalue weighted by Crippen LogP contribution is -2.32. The molecule has 0 spiro atoms. The Morgan fingerprint density at radius 1 is 1.10 bits per heavy atom. The molecule has 1 aliphatic rings. The Morgan fingerprint density at radius 3 is 2.62 bits per heavy atom. The number of rotatable bonds is 7. The first-order chi connectivity index (χ1) is 10.3. The van der Waals surface area contributed by atoms with Crippen LogP contribution in [0.15, 0.2) is 24.3 Å². The van der Waals surface area contributed by atoms with Gasteiger partial charge in [0, 0.05) is 12.2 Å². The predicted molar refractivity (Wildman–Crippen MR) is 82.2 cm³/mol. The van der Waals surface area contributed by atoms with Gasteiger partial charge in [0.1, 0.15) is 6.61 Å². The lowest BCUT2D eigenvalue weighted by Gasteiger charge is -2.26. The van der Waals surface area contributed by atoms with E-state index in [1.54, 1.807) is 24.3 Å². The molecule has 1 aromatic rings. The van der Waals surface area contributed by atoms with Gasteiger partial charge in [0.05, 0.1) is 18.8 Å². The summed E-state index contributed by atoms with van der Waals surface area (Å²) < 4.78 is 10.6. The number of para-hydroxylation sites is 1. The van der Waals surface area contributed by atoms with E-state index in [9.17, 15) is 4.79 Å². The molecule has 0 bridgehead atoms. The Labute approximate surface area is 126 Å². The second-order valence-electron chi connectivity index (χ2n) is 5.24. The third-order valence-corrected chi connectivity index (χ3v) is 3.64. The standard InChI is InChI=1S/C16H24N2O3/c17-15-7-3-2-6-14(15)16(19)21-13-12-20-11-10-18-8-4-1-5-9-18/h2-3,6-7H,1,4-5,8-13,17H2. The van der Waals surface area contributed by atoms with Crippen LogP contribution in [0.5, 0.6) is 0 Å². The molecule has 0 atom stereocenters. The maximum absolute atomic E-state index is 11.8. The number of ether oxygens (including phenoxy) is 2. The van der Waals surface area contributed by atoms with Crippen molar-refractivity contribution in [2.24, 2.45) is 0 Å². The molecule has 0 saturated carbocycles. The quantitative estimate of drug-likeness (QED) is 0.472. The number of carbonyl (C=O) groups is 1. The van der Waals surface area contributed by atoms with Crippen molar-refractivity contribution in [1.29, 1.82) is 0 Å². The van der Waals surface area contributed by atoms with Gasteiger partial charge in [-0.05, 0) is 38.1 Å². The first-order valence-corrected chi connectivity index (χ1v) is 7.59. The molecule has 1 aliphatic heterocycles. The van der Waals surface area contributed by atoms with Gasteiger partial charge in [0.15, 0.2) is 0 Å². The molecular weight excluding hydrogens is 268 g/mol. The molecule has 0 aromatic heterocycles. The van der Waals surface area contributed by atoms with Gasteiger partial charge in [-0.25, -0.2) is 4.79 Å². The molecule has 2 N–H and O–H groups in total. The number of esters is 1. The number of benzene rings is 1. The van der Waals surface area contributed by atoms with Crippen LogP contribution in [0.3, 0.4) is 0 Å². The third kappa shape index (κ3) is 5.36. The van der Waals surface area contributed by atoms with Crippen LogP contribution < -0.4 is 5.73 Å². The van der Waals surface area contributed by atoms with Gasteiger partial charge in [-0.3, -0.25) is 0 Å². The van der Waals surface area contributed by atoms with E-state index in [-0.39, 0.29) is 6.61 Å². The van der Waals surface area contributed by atoms with Crippen LogP contribution in [0.4, 0.5) is 5.69 Å². The highest BCUT2D eigenvalue weighted by Crippen LogP contribution is 2.11. The monoisotopic (exact) mass is 292 g/mol. The van der Waals surface area contributed by atoms with Crippen LogP contribution >= 0.6 is 0 Å². The summed E-state index contributed by atoms with van der Waals surface area (Å²) in [6.45, 7) is 4.67. The summed E-state index contributed by atoms with van der Waals surface area (Å²) in [6.07, 6.45) is 3.92. The average molecular weight is 292 g/mol. The van der Waals surface area contributed by atoms with Crippen molar-refractivity contribution < 1.29 is 14.3 Å². The van der Waals surface area contributed by atoms with Crippen molar-refractivity contribution in [2.75, 3.05) is 45.2 Å². The van der Waals surface area contributed by atoms with E-state index in [1.165, 1.54) is 32.4 Å². The van der Waals surface area contributed by atoms with Gasteiger partial charge in [-0.2, -0.15) is 0 Å². The van der Waals surface area contributed by atoms with Crippen molar-refractivity contribution >= 4 is 11.7 Å². The molecular formula is C16H24N2O3. The first-order valence-electron chi connectivity index (χ1n) is 7.59. The summed E-state index contributed by atoms with van der Waals surface area (Å²) in [5.74, 6) is -0.396. The number of nitrogen functional groups attached to an aromatic ring is 1. The van der Waals surface area contributed by atoms with Gasteiger partial charge in [0.25, 0.3) is 0 Å². The number of likely N-dealkylation sites (tertiary alicyclic amines) is 1. The van der Waals surface area contributed by atoms with E-state index >= 15 is 0 Å². The molecule has 1 fully saturated rings. The van der Waals surface area contributed by atoms with Crippen molar-refractivity contribution in [3.63, 3.8) is 0 Å². The van der Waals surface area contributed by atoms with Gasteiger partial charge in [-0.1, -0.05) is 18.6 Å². The number of nitrogens with two attached hydrogens (primary N) is 1. The summed E-state index contributed by atoms with van der Waals surface area (Å²) in [5.41, 5.74) is 6.56. The van der Waals surface area contributed by atoms with E-state index < -0.39 is 5.97 Å². The summed E-state index contributed by atoms with van der Waals surface area (Å²) >= 11 is 0. The summed E-state index contributed by atoms with van der Waals surface area (Å²) in [6, 6.07) is 6.90. The van der Waals surface area contributed by atoms with Gasteiger partial charge >= 0.3 is 5.97 Å². The highest BCUT2D eigenvalue weighted by Gasteiger charge is 2.11. The number of piperidine rings is 1. The van der Waals surface area contributed by atoms with Crippen LogP contribution in [-0.2, 0) is 9.47 Å².